The zero-order valence-corrected chi connectivity index (χ0v) is 17.5. The van der Waals surface area contributed by atoms with Gasteiger partial charge in [-0.3, -0.25) is 15.5 Å². The van der Waals surface area contributed by atoms with Crippen molar-refractivity contribution in [1.82, 2.24) is 4.31 Å². The van der Waals surface area contributed by atoms with Crippen LogP contribution < -0.4 is 5.43 Å². The van der Waals surface area contributed by atoms with Crippen molar-refractivity contribution in [2.45, 2.75) is 50.1 Å². The number of benzene rings is 2. The topological polar surface area (TPSA) is 125 Å². The van der Waals surface area contributed by atoms with Crippen molar-refractivity contribution in [1.29, 1.82) is 0 Å². The summed E-state index contributed by atoms with van der Waals surface area (Å²) < 4.78 is 28.4. The molecule has 30 heavy (non-hydrogen) atoms. The molecule has 0 spiro atoms. The molecule has 2 N–H and O–H groups in total. The average molecular weight is 433 g/mol. The lowest BCUT2D eigenvalue weighted by molar-refractivity contribution is -0.385. The number of phenols is 1. The fraction of sp³-hybridized carbons (Fsp3) is 0.350. The third kappa shape index (κ3) is 4.60. The van der Waals surface area contributed by atoms with Gasteiger partial charge in [-0.15, -0.1) is 0 Å². The summed E-state index contributed by atoms with van der Waals surface area (Å²) in [6.45, 7) is 3.70. The van der Waals surface area contributed by atoms with Crippen LogP contribution >= 0.6 is 0 Å². The van der Waals surface area contributed by atoms with E-state index in [4.69, 9.17) is 0 Å². The number of nitro groups is 1. The number of rotatable bonds is 6. The van der Waals surface area contributed by atoms with E-state index in [-0.39, 0.29) is 34.1 Å². The maximum Gasteiger partial charge on any atom is 0.270 e. The molecule has 1 heterocycles. The summed E-state index contributed by atoms with van der Waals surface area (Å²) in [7, 11) is -3.99. The Labute approximate surface area is 175 Å². The zero-order valence-electron chi connectivity index (χ0n) is 16.7. The molecule has 1 fully saturated rings. The highest BCUT2D eigenvalue weighted by Crippen LogP contribution is 2.34. The van der Waals surface area contributed by atoms with E-state index in [9.17, 15) is 23.6 Å². The number of hydrogen-bond donors (Lipinski definition) is 2. The molecule has 1 saturated heterocycles. The Kier molecular flexibility index (Phi) is 6.37. The molecule has 0 unspecified atom stereocenters. The number of nitrogens with one attached hydrogen (secondary N) is 1. The van der Waals surface area contributed by atoms with Crippen LogP contribution in [0.15, 0.2) is 52.5 Å². The van der Waals surface area contributed by atoms with Gasteiger partial charge in [0.05, 0.1) is 16.8 Å². The van der Waals surface area contributed by atoms with E-state index >= 15 is 0 Å². The van der Waals surface area contributed by atoms with Crippen molar-refractivity contribution in [2.24, 2.45) is 5.10 Å². The minimum atomic E-state index is -3.99. The number of sulfonamides is 1. The van der Waals surface area contributed by atoms with Gasteiger partial charge in [0.2, 0.25) is 10.0 Å². The third-order valence-electron chi connectivity index (χ3n) is 5.14. The Morgan fingerprint density at radius 2 is 1.80 bits per heavy atom. The Hall–Kier alpha value is -2.98. The van der Waals surface area contributed by atoms with Crippen LogP contribution in [0.3, 0.4) is 0 Å². The Morgan fingerprint density at radius 3 is 2.40 bits per heavy atom. The number of hydrazone groups is 1. The number of nitro benzene ring substituents is 1. The number of nitrogens with zero attached hydrogens (tertiary/aromatic N) is 3. The molecule has 2 aromatic carbocycles. The summed E-state index contributed by atoms with van der Waals surface area (Å²) in [6, 6.07) is 9.54. The van der Waals surface area contributed by atoms with Crippen LogP contribution in [0.2, 0.25) is 0 Å². The minimum Gasteiger partial charge on any atom is -0.508 e. The lowest BCUT2D eigenvalue weighted by atomic mass is 10.0. The maximum absolute atomic E-state index is 13.5. The van der Waals surface area contributed by atoms with Gasteiger partial charge in [-0.1, -0.05) is 6.42 Å². The zero-order chi connectivity index (χ0) is 21.9. The van der Waals surface area contributed by atoms with Crippen LogP contribution in [0.4, 0.5) is 11.4 Å². The highest BCUT2D eigenvalue weighted by molar-refractivity contribution is 7.89. The van der Waals surface area contributed by atoms with Crippen LogP contribution in [0.1, 0.15) is 38.7 Å². The standard InChI is InChI=1S/C20H24N4O5S/c1-14-4-3-5-15(2)23(14)30(28,29)20-12-17(24(26)27)8-11-19(20)22-21-13-16-6-9-18(25)10-7-16/h6-15,22,25H,3-5H2,1-2H3/b21-13-/t14-,15-/m0/s1. The largest absolute Gasteiger partial charge is 0.508 e. The molecule has 1 aliphatic heterocycles. The second-order valence-electron chi connectivity index (χ2n) is 7.36. The lowest BCUT2D eigenvalue weighted by Crippen LogP contribution is -2.47. The normalized spacial score (nSPS) is 20.3. The van der Waals surface area contributed by atoms with Gasteiger partial charge < -0.3 is 5.11 Å². The molecule has 3 rings (SSSR count). The highest BCUT2D eigenvalue weighted by Gasteiger charge is 2.37. The molecule has 0 amide bonds. The molecule has 0 aromatic heterocycles. The summed E-state index contributed by atoms with van der Waals surface area (Å²) in [6.07, 6.45) is 3.87. The lowest BCUT2D eigenvalue weighted by Gasteiger charge is -2.37. The molecule has 9 nitrogen and oxygen atoms in total. The summed E-state index contributed by atoms with van der Waals surface area (Å²) in [5, 5.41) is 24.7. The predicted octanol–water partition coefficient (Wildman–Crippen LogP) is 3.70. The van der Waals surface area contributed by atoms with Crippen LogP contribution in [0.5, 0.6) is 5.75 Å². The van der Waals surface area contributed by atoms with Gasteiger partial charge in [0.15, 0.2) is 0 Å². The van der Waals surface area contributed by atoms with E-state index in [0.29, 0.717) is 5.56 Å². The molecule has 0 saturated carbocycles. The van der Waals surface area contributed by atoms with Crippen LogP contribution in [-0.2, 0) is 10.0 Å². The molecule has 0 radical (unpaired) electrons. The van der Waals surface area contributed by atoms with Crippen molar-refractivity contribution in [3.05, 3.63) is 58.1 Å². The van der Waals surface area contributed by atoms with Crippen LogP contribution in [-0.4, -0.2) is 41.1 Å². The fourth-order valence-corrected chi connectivity index (χ4v) is 5.70. The van der Waals surface area contributed by atoms with Crippen molar-refractivity contribution < 1.29 is 18.4 Å². The third-order valence-corrected chi connectivity index (χ3v) is 7.30. The van der Waals surface area contributed by atoms with Crippen molar-refractivity contribution in [3.8, 4) is 5.75 Å². The molecule has 10 heteroatoms. The molecule has 0 bridgehead atoms. The van der Waals surface area contributed by atoms with Gasteiger partial charge in [0.25, 0.3) is 5.69 Å². The number of hydrogen-bond acceptors (Lipinski definition) is 7. The Bertz CT molecular complexity index is 1040. The summed E-state index contributed by atoms with van der Waals surface area (Å²) >= 11 is 0. The Balaban J connectivity index is 1.98. The minimum absolute atomic E-state index is 0.119. The SMILES string of the molecule is C[C@H]1CCC[C@H](C)N1S(=O)(=O)c1cc([N+](=O)[O-])ccc1N/N=C\c1ccc(O)cc1. The van der Waals surface area contributed by atoms with Crippen LogP contribution in [0.25, 0.3) is 0 Å². The highest BCUT2D eigenvalue weighted by atomic mass is 32.2. The van der Waals surface area contributed by atoms with E-state index in [1.807, 2.05) is 13.8 Å². The van der Waals surface area contributed by atoms with E-state index in [2.05, 4.69) is 10.5 Å². The van der Waals surface area contributed by atoms with Gasteiger partial charge in [-0.05, 0) is 62.6 Å². The Morgan fingerprint density at radius 1 is 1.17 bits per heavy atom. The monoisotopic (exact) mass is 432 g/mol. The van der Waals surface area contributed by atoms with Crippen molar-refractivity contribution in [3.63, 3.8) is 0 Å². The molecular formula is C20H24N4O5S. The first-order chi connectivity index (χ1) is 14.2. The first kappa shape index (κ1) is 21.7. The summed E-state index contributed by atoms with van der Waals surface area (Å²) in [5.74, 6) is 0.119. The van der Waals surface area contributed by atoms with Gasteiger partial charge in [0, 0.05) is 24.2 Å². The van der Waals surface area contributed by atoms with Gasteiger partial charge >= 0.3 is 0 Å². The fourth-order valence-electron chi connectivity index (χ4n) is 3.65. The number of anilines is 1. The molecular weight excluding hydrogens is 408 g/mol. The number of aromatic hydroxyl groups is 1. The number of non-ortho nitro benzene ring substituents is 1. The molecule has 2 atom stereocenters. The van der Waals surface area contributed by atoms with Gasteiger partial charge in [-0.25, -0.2) is 8.42 Å². The van der Waals surface area contributed by atoms with Crippen molar-refractivity contribution in [2.75, 3.05) is 5.43 Å². The second-order valence-corrected chi connectivity index (χ2v) is 9.17. The number of phenolic OH excluding ortho intramolecular Hbond substituents is 1. The molecule has 2 aromatic rings. The van der Waals surface area contributed by atoms with E-state index in [0.717, 1.165) is 25.3 Å². The summed E-state index contributed by atoms with van der Waals surface area (Å²) in [5.41, 5.74) is 3.23. The molecule has 1 aliphatic rings. The predicted molar refractivity (Wildman–Crippen MR) is 114 cm³/mol. The second kappa shape index (κ2) is 8.80. The van der Waals surface area contributed by atoms with Gasteiger partial charge in [-0.2, -0.15) is 9.41 Å². The number of piperidine rings is 1. The summed E-state index contributed by atoms with van der Waals surface area (Å²) in [4.78, 5) is 10.4. The smallest absolute Gasteiger partial charge is 0.270 e. The quantitative estimate of drug-likeness (QED) is 0.407. The maximum atomic E-state index is 13.5. The van der Waals surface area contributed by atoms with Gasteiger partial charge in [0.1, 0.15) is 10.6 Å². The van der Waals surface area contributed by atoms with E-state index in [1.54, 1.807) is 12.1 Å². The first-order valence-electron chi connectivity index (χ1n) is 9.60. The van der Waals surface area contributed by atoms with E-state index in [1.165, 1.54) is 34.8 Å². The van der Waals surface area contributed by atoms with Crippen LogP contribution in [0, 0.1) is 10.1 Å². The molecule has 0 aliphatic carbocycles. The average Bonchev–Trinajstić information content (AvgIpc) is 2.69. The van der Waals surface area contributed by atoms with Crippen molar-refractivity contribution >= 4 is 27.6 Å². The molecule has 160 valence electrons. The first-order valence-corrected chi connectivity index (χ1v) is 11.0. The van der Waals surface area contributed by atoms with E-state index < -0.39 is 14.9 Å².